The average molecular weight is 423 g/mol. The highest BCUT2D eigenvalue weighted by molar-refractivity contribution is 5.94. The maximum absolute atomic E-state index is 12.4. The molecule has 0 radical (unpaired) electrons. The molecule has 0 spiro atoms. The van der Waals surface area contributed by atoms with Crippen LogP contribution in [0.5, 0.6) is 5.75 Å². The van der Waals surface area contributed by atoms with E-state index in [0.717, 1.165) is 22.6 Å². The number of para-hydroxylation sites is 1. The van der Waals surface area contributed by atoms with Gasteiger partial charge < -0.3 is 15.3 Å². The standard InChI is InChI=1S/C21H20N2O2.3C2H6/c1-23(21(25)15-16-7-13-20(24)14-8-16)19-11-9-18(10-12-19)22-17-5-3-2-4-6-17;3*1-2/h2-14,22,24H,15H2,1H3;3*1-2H3. The zero-order chi connectivity index (χ0) is 23.6. The largest absolute Gasteiger partial charge is 0.508 e. The van der Waals surface area contributed by atoms with Crippen LogP contribution in [0.15, 0.2) is 78.9 Å². The van der Waals surface area contributed by atoms with Gasteiger partial charge in [-0.15, -0.1) is 0 Å². The fourth-order valence-electron chi connectivity index (χ4n) is 2.51. The molecule has 0 saturated heterocycles. The summed E-state index contributed by atoms with van der Waals surface area (Å²) < 4.78 is 0. The van der Waals surface area contributed by atoms with Crippen molar-refractivity contribution in [1.29, 1.82) is 0 Å². The lowest BCUT2D eigenvalue weighted by molar-refractivity contribution is -0.117. The highest BCUT2D eigenvalue weighted by atomic mass is 16.3. The molecule has 0 heterocycles. The molecule has 0 unspecified atom stereocenters. The molecular formula is C27H38N2O2. The van der Waals surface area contributed by atoms with E-state index in [1.165, 1.54) is 0 Å². The zero-order valence-corrected chi connectivity index (χ0v) is 20.0. The molecule has 168 valence electrons. The lowest BCUT2D eigenvalue weighted by atomic mass is 10.1. The Bertz CT molecular complexity index is 829. The first-order valence-electron chi connectivity index (χ1n) is 11.1. The number of phenolic OH excluding ortho intramolecular Hbond substituents is 1. The summed E-state index contributed by atoms with van der Waals surface area (Å²) in [7, 11) is 1.77. The molecule has 4 nitrogen and oxygen atoms in total. The SMILES string of the molecule is CC.CC.CC.CN(C(=O)Cc1ccc(O)cc1)c1ccc(Nc2ccccc2)cc1. The third kappa shape index (κ3) is 9.85. The van der Waals surface area contributed by atoms with Crippen LogP contribution in [0.2, 0.25) is 0 Å². The van der Waals surface area contributed by atoms with Crippen molar-refractivity contribution in [2.45, 2.75) is 48.0 Å². The predicted molar refractivity (Wildman–Crippen MR) is 135 cm³/mol. The lowest BCUT2D eigenvalue weighted by Crippen LogP contribution is -2.27. The molecule has 0 fully saturated rings. The summed E-state index contributed by atoms with van der Waals surface area (Å²) in [5.74, 6) is 0.195. The van der Waals surface area contributed by atoms with E-state index >= 15 is 0 Å². The smallest absolute Gasteiger partial charge is 0.231 e. The molecule has 1 amide bonds. The zero-order valence-electron chi connectivity index (χ0n) is 20.0. The van der Waals surface area contributed by atoms with Gasteiger partial charge in [-0.1, -0.05) is 71.9 Å². The van der Waals surface area contributed by atoms with E-state index in [0.29, 0.717) is 6.42 Å². The van der Waals surface area contributed by atoms with Gasteiger partial charge in [0.05, 0.1) is 6.42 Å². The number of phenols is 1. The van der Waals surface area contributed by atoms with Crippen molar-refractivity contribution in [3.63, 3.8) is 0 Å². The quantitative estimate of drug-likeness (QED) is 0.450. The molecule has 0 aromatic heterocycles. The van der Waals surface area contributed by atoms with Gasteiger partial charge in [0.1, 0.15) is 5.75 Å². The summed E-state index contributed by atoms with van der Waals surface area (Å²) in [4.78, 5) is 14.1. The molecule has 0 saturated carbocycles. The van der Waals surface area contributed by atoms with Crippen LogP contribution in [0.1, 0.15) is 47.1 Å². The molecule has 31 heavy (non-hydrogen) atoms. The summed E-state index contributed by atoms with van der Waals surface area (Å²) in [6, 6.07) is 24.4. The maximum atomic E-state index is 12.4. The minimum absolute atomic E-state index is 0.00513. The van der Waals surface area contributed by atoms with Crippen LogP contribution in [-0.4, -0.2) is 18.1 Å². The summed E-state index contributed by atoms with van der Waals surface area (Å²) >= 11 is 0. The number of rotatable bonds is 5. The number of nitrogens with one attached hydrogen (secondary N) is 1. The van der Waals surface area contributed by atoms with Gasteiger partial charge in [-0.3, -0.25) is 4.79 Å². The molecule has 0 atom stereocenters. The van der Waals surface area contributed by atoms with Crippen LogP contribution in [0, 0.1) is 0 Å². The van der Waals surface area contributed by atoms with Gasteiger partial charge in [0.25, 0.3) is 0 Å². The van der Waals surface area contributed by atoms with Crippen LogP contribution >= 0.6 is 0 Å². The highest BCUT2D eigenvalue weighted by Gasteiger charge is 2.11. The Morgan fingerprint density at radius 2 is 1.23 bits per heavy atom. The Labute approximate surface area is 188 Å². The van der Waals surface area contributed by atoms with E-state index in [2.05, 4.69) is 5.32 Å². The topological polar surface area (TPSA) is 52.6 Å². The number of amides is 1. The Balaban J connectivity index is 0.00000138. The van der Waals surface area contributed by atoms with Crippen molar-refractivity contribution in [3.8, 4) is 5.75 Å². The first kappa shape index (κ1) is 27.7. The molecule has 2 N–H and O–H groups in total. The summed E-state index contributed by atoms with van der Waals surface area (Å²) in [5, 5.41) is 12.6. The Hall–Kier alpha value is -3.27. The number of anilines is 3. The highest BCUT2D eigenvalue weighted by Crippen LogP contribution is 2.21. The number of hydrogen-bond donors (Lipinski definition) is 2. The van der Waals surface area contributed by atoms with Crippen molar-refractivity contribution in [2.24, 2.45) is 0 Å². The molecule has 4 heteroatoms. The van der Waals surface area contributed by atoms with Gasteiger partial charge in [-0.05, 0) is 54.1 Å². The molecular weight excluding hydrogens is 384 g/mol. The van der Waals surface area contributed by atoms with E-state index in [1.54, 1.807) is 36.2 Å². The van der Waals surface area contributed by atoms with Gasteiger partial charge in [-0.25, -0.2) is 0 Å². The van der Waals surface area contributed by atoms with Crippen LogP contribution in [-0.2, 0) is 11.2 Å². The normalized spacial score (nSPS) is 8.87. The van der Waals surface area contributed by atoms with Crippen molar-refractivity contribution in [2.75, 3.05) is 17.3 Å². The number of benzene rings is 3. The Kier molecular flexibility index (Phi) is 14.8. The number of hydrogen-bond acceptors (Lipinski definition) is 3. The van der Waals surface area contributed by atoms with Crippen molar-refractivity contribution < 1.29 is 9.90 Å². The molecule has 3 aromatic carbocycles. The van der Waals surface area contributed by atoms with E-state index in [9.17, 15) is 9.90 Å². The summed E-state index contributed by atoms with van der Waals surface area (Å²) in [6.07, 6.45) is 0.292. The van der Waals surface area contributed by atoms with Gasteiger partial charge >= 0.3 is 0 Å². The molecule has 3 aromatic rings. The predicted octanol–water partition coefficient (Wildman–Crippen LogP) is 7.42. The molecule has 0 aliphatic heterocycles. The monoisotopic (exact) mass is 422 g/mol. The van der Waals surface area contributed by atoms with E-state index in [-0.39, 0.29) is 11.7 Å². The average Bonchev–Trinajstić information content (AvgIpc) is 2.85. The Morgan fingerprint density at radius 1 is 0.742 bits per heavy atom. The summed E-state index contributed by atoms with van der Waals surface area (Å²) in [5.41, 5.74) is 3.70. The van der Waals surface area contributed by atoms with Gasteiger partial charge in [0, 0.05) is 24.1 Å². The van der Waals surface area contributed by atoms with E-state index < -0.39 is 0 Å². The first-order valence-corrected chi connectivity index (χ1v) is 11.1. The maximum Gasteiger partial charge on any atom is 0.231 e. The Morgan fingerprint density at radius 3 is 1.74 bits per heavy atom. The summed E-state index contributed by atoms with van der Waals surface area (Å²) in [6.45, 7) is 12.0. The van der Waals surface area contributed by atoms with Gasteiger partial charge in [-0.2, -0.15) is 0 Å². The van der Waals surface area contributed by atoms with Crippen molar-refractivity contribution >= 4 is 23.0 Å². The van der Waals surface area contributed by atoms with Gasteiger partial charge in [0.15, 0.2) is 0 Å². The fourth-order valence-corrected chi connectivity index (χ4v) is 2.51. The lowest BCUT2D eigenvalue weighted by Gasteiger charge is -2.18. The molecule has 0 bridgehead atoms. The van der Waals surface area contributed by atoms with Crippen LogP contribution < -0.4 is 10.2 Å². The van der Waals surface area contributed by atoms with Crippen LogP contribution in [0.3, 0.4) is 0 Å². The van der Waals surface area contributed by atoms with Crippen molar-refractivity contribution in [1.82, 2.24) is 0 Å². The second-order valence-corrected chi connectivity index (χ2v) is 5.83. The number of carbonyl (C=O) groups is 1. The molecule has 3 rings (SSSR count). The van der Waals surface area contributed by atoms with Crippen LogP contribution in [0.25, 0.3) is 0 Å². The second-order valence-electron chi connectivity index (χ2n) is 5.83. The van der Waals surface area contributed by atoms with E-state index in [1.807, 2.05) is 96.1 Å². The number of likely N-dealkylation sites (N-methyl/N-ethyl adjacent to an activating group) is 1. The fraction of sp³-hybridized carbons (Fsp3) is 0.296. The van der Waals surface area contributed by atoms with Gasteiger partial charge in [0.2, 0.25) is 5.91 Å². The first-order chi connectivity index (χ1) is 15.1. The van der Waals surface area contributed by atoms with Crippen molar-refractivity contribution in [3.05, 3.63) is 84.4 Å². The third-order valence-electron chi connectivity index (χ3n) is 3.98. The number of aromatic hydroxyl groups is 1. The third-order valence-corrected chi connectivity index (χ3v) is 3.98. The second kappa shape index (κ2) is 16.5. The molecule has 0 aliphatic carbocycles. The van der Waals surface area contributed by atoms with Crippen LogP contribution in [0.4, 0.5) is 17.1 Å². The minimum Gasteiger partial charge on any atom is -0.508 e. The number of carbonyl (C=O) groups excluding carboxylic acids is 1. The molecule has 0 aliphatic rings. The number of nitrogens with zero attached hydrogens (tertiary/aromatic N) is 1. The van der Waals surface area contributed by atoms with E-state index in [4.69, 9.17) is 0 Å². The minimum atomic E-state index is -0.00513.